The van der Waals surface area contributed by atoms with E-state index in [0.29, 0.717) is 37.0 Å². The van der Waals surface area contributed by atoms with E-state index in [0.717, 1.165) is 6.07 Å². The molecule has 0 radical (unpaired) electrons. The molecule has 0 unspecified atom stereocenters. The molecular weight excluding hydrogens is 343 g/mol. The number of H-pyrrole nitrogens is 1. The third kappa shape index (κ3) is 3.51. The molecule has 0 bridgehead atoms. The largest absolute Gasteiger partial charge is 0.481 e. The molecule has 1 saturated heterocycles. The average molecular weight is 362 g/mol. The smallest absolute Gasteiger partial charge is 0.306 e. The van der Waals surface area contributed by atoms with Gasteiger partial charge in [-0.3, -0.25) is 14.4 Å². The highest BCUT2D eigenvalue weighted by molar-refractivity contribution is 6.05. The monoisotopic (exact) mass is 362 g/mol. The van der Waals surface area contributed by atoms with Crippen molar-refractivity contribution < 1.29 is 23.9 Å². The lowest BCUT2D eigenvalue weighted by molar-refractivity contribution is -0.145. The van der Waals surface area contributed by atoms with Crippen LogP contribution in [0, 0.1) is 11.7 Å². The number of nitrogens with one attached hydrogen (secondary N) is 1. The fourth-order valence-electron chi connectivity index (χ4n) is 3.13. The predicted octanol–water partition coefficient (Wildman–Crippen LogP) is 1.10. The lowest BCUT2D eigenvalue weighted by Gasteiger charge is -2.31. The van der Waals surface area contributed by atoms with E-state index in [9.17, 15) is 18.8 Å². The van der Waals surface area contributed by atoms with Crippen molar-refractivity contribution in [3.63, 3.8) is 0 Å². The van der Waals surface area contributed by atoms with E-state index >= 15 is 0 Å². The van der Waals surface area contributed by atoms with E-state index in [2.05, 4.69) is 9.97 Å². The van der Waals surface area contributed by atoms with Gasteiger partial charge in [0.1, 0.15) is 11.3 Å². The Kier molecular flexibility index (Phi) is 4.88. The van der Waals surface area contributed by atoms with Crippen LogP contribution >= 0.6 is 0 Å². The molecule has 1 aromatic carbocycles. The van der Waals surface area contributed by atoms with Gasteiger partial charge in [-0.05, 0) is 25.0 Å². The number of rotatable bonds is 4. The van der Waals surface area contributed by atoms with Crippen molar-refractivity contribution in [1.29, 1.82) is 0 Å². The summed E-state index contributed by atoms with van der Waals surface area (Å²) in [7, 11) is 1.47. The van der Waals surface area contributed by atoms with Crippen molar-refractivity contribution >= 4 is 28.8 Å². The molecule has 26 heavy (non-hydrogen) atoms. The van der Waals surface area contributed by atoms with Crippen LogP contribution in [0.5, 0.6) is 0 Å². The second kappa shape index (κ2) is 7.11. The van der Waals surface area contributed by atoms with Crippen molar-refractivity contribution in [3.8, 4) is 0 Å². The van der Waals surface area contributed by atoms with Gasteiger partial charge in [0.15, 0.2) is 0 Å². The lowest BCUT2D eigenvalue weighted by Crippen LogP contribution is -2.45. The molecule has 2 N–H and O–H groups in total. The van der Waals surface area contributed by atoms with E-state index in [1.54, 1.807) is 4.90 Å². The zero-order valence-electron chi connectivity index (χ0n) is 14.2. The van der Waals surface area contributed by atoms with Crippen LogP contribution in [-0.4, -0.2) is 69.3 Å². The number of aliphatic carboxylic acids is 1. The Morgan fingerprint density at radius 2 is 2.04 bits per heavy atom. The molecule has 1 fully saturated rings. The molecule has 2 aromatic rings. The van der Waals surface area contributed by atoms with Gasteiger partial charge in [-0.2, -0.15) is 0 Å². The van der Waals surface area contributed by atoms with Crippen LogP contribution in [-0.2, 0) is 9.59 Å². The Bertz CT molecular complexity index is 858. The number of carbonyl (C=O) groups excluding carboxylic acids is 2. The molecule has 8 nitrogen and oxygen atoms in total. The number of halogens is 1. The van der Waals surface area contributed by atoms with Crippen LogP contribution in [0.1, 0.15) is 23.2 Å². The van der Waals surface area contributed by atoms with E-state index in [4.69, 9.17) is 5.11 Å². The maximum Gasteiger partial charge on any atom is 0.306 e. The molecule has 1 aromatic heterocycles. The number of carboxylic acid groups (broad SMARTS) is 1. The standard InChI is InChI=1S/C17H19FN4O4/c1-21(8-14(23)22-4-2-10(3-5-22)17(25)26)16(24)12-6-11(18)7-13-15(12)20-9-19-13/h6-7,9-10H,2-5,8H2,1H3,(H,19,20)(H,25,26). The Labute approximate surface area is 148 Å². The fourth-order valence-corrected chi connectivity index (χ4v) is 3.13. The van der Waals surface area contributed by atoms with Crippen LogP contribution in [0.25, 0.3) is 11.0 Å². The summed E-state index contributed by atoms with van der Waals surface area (Å²) in [5, 5.41) is 9.00. The summed E-state index contributed by atoms with van der Waals surface area (Å²) in [5.74, 6) is -2.62. The number of carbonyl (C=O) groups is 3. The Hall–Kier alpha value is -2.97. The third-order valence-corrected chi connectivity index (χ3v) is 4.63. The van der Waals surface area contributed by atoms with Crippen LogP contribution in [0.3, 0.4) is 0 Å². The molecule has 0 spiro atoms. The third-order valence-electron chi connectivity index (χ3n) is 4.63. The number of piperidine rings is 1. The van der Waals surface area contributed by atoms with Gasteiger partial charge in [0.25, 0.3) is 5.91 Å². The molecule has 3 rings (SSSR count). The number of hydrogen-bond donors (Lipinski definition) is 2. The first-order valence-corrected chi connectivity index (χ1v) is 8.25. The number of amides is 2. The Balaban J connectivity index is 1.66. The van der Waals surface area contributed by atoms with Crippen molar-refractivity contribution in [3.05, 3.63) is 29.8 Å². The number of likely N-dealkylation sites (tertiary alicyclic amines) is 1. The van der Waals surface area contributed by atoms with Crippen molar-refractivity contribution in [2.24, 2.45) is 5.92 Å². The van der Waals surface area contributed by atoms with Crippen LogP contribution in [0.2, 0.25) is 0 Å². The number of fused-ring (bicyclic) bond motifs is 1. The van der Waals surface area contributed by atoms with Gasteiger partial charge in [0.2, 0.25) is 5.91 Å². The topological polar surface area (TPSA) is 107 Å². The number of carboxylic acids is 1. The summed E-state index contributed by atoms with van der Waals surface area (Å²) in [4.78, 5) is 45.6. The molecular formula is C17H19FN4O4. The first-order valence-electron chi connectivity index (χ1n) is 8.25. The maximum atomic E-state index is 13.7. The number of nitrogens with zero attached hydrogens (tertiary/aromatic N) is 3. The SMILES string of the molecule is CN(CC(=O)N1CCC(C(=O)O)CC1)C(=O)c1cc(F)cc2[nH]cnc12. The fraction of sp³-hybridized carbons (Fsp3) is 0.412. The molecule has 1 aliphatic heterocycles. The van der Waals surface area contributed by atoms with Gasteiger partial charge in [0, 0.05) is 20.1 Å². The number of likely N-dealkylation sites (N-methyl/N-ethyl adjacent to an activating group) is 1. The van der Waals surface area contributed by atoms with Gasteiger partial charge < -0.3 is 19.9 Å². The summed E-state index contributed by atoms with van der Waals surface area (Å²) >= 11 is 0. The Morgan fingerprint density at radius 3 is 2.69 bits per heavy atom. The molecule has 138 valence electrons. The highest BCUT2D eigenvalue weighted by Crippen LogP contribution is 2.20. The van der Waals surface area contributed by atoms with Gasteiger partial charge in [-0.1, -0.05) is 0 Å². The lowest BCUT2D eigenvalue weighted by atomic mass is 9.97. The average Bonchev–Trinajstić information content (AvgIpc) is 3.08. The number of hydrogen-bond acceptors (Lipinski definition) is 4. The van der Waals surface area contributed by atoms with Gasteiger partial charge >= 0.3 is 5.97 Å². The normalized spacial score (nSPS) is 15.2. The van der Waals surface area contributed by atoms with Crippen molar-refractivity contribution in [2.45, 2.75) is 12.8 Å². The first kappa shape index (κ1) is 17.8. The second-order valence-corrected chi connectivity index (χ2v) is 6.41. The Morgan fingerprint density at radius 1 is 1.35 bits per heavy atom. The van der Waals surface area contributed by atoms with E-state index in [1.807, 2.05) is 0 Å². The zero-order chi connectivity index (χ0) is 18.8. The summed E-state index contributed by atoms with van der Waals surface area (Å²) in [6.45, 7) is 0.530. The highest BCUT2D eigenvalue weighted by Gasteiger charge is 2.28. The molecule has 0 atom stereocenters. The number of imidazole rings is 1. The van der Waals surface area contributed by atoms with E-state index in [-0.39, 0.29) is 18.0 Å². The minimum atomic E-state index is -0.849. The van der Waals surface area contributed by atoms with Crippen LogP contribution in [0.4, 0.5) is 4.39 Å². The number of aromatic nitrogens is 2. The first-order chi connectivity index (χ1) is 12.4. The molecule has 2 amide bonds. The minimum absolute atomic E-state index is 0.0844. The number of benzene rings is 1. The highest BCUT2D eigenvalue weighted by atomic mass is 19.1. The molecule has 0 saturated carbocycles. The van der Waals surface area contributed by atoms with E-state index < -0.39 is 23.6 Å². The van der Waals surface area contributed by atoms with Crippen LogP contribution in [0.15, 0.2) is 18.5 Å². The van der Waals surface area contributed by atoms with Crippen LogP contribution < -0.4 is 0 Å². The van der Waals surface area contributed by atoms with Gasteiger partial charge in [-0.25, -0.2) is 9.37 Å². The minimum Gasteiger partial charge on any atom is -0.481 e. The summed E-state index contributed by atoms with van der Waals surface area (Å²) < 4.78 is 13.7. The van der Waals surface area contributed by atoms with Crippen molar-refractivity contribution in [1.82, 2.24) is 19.8 Å². The molecule has 1 aliphatic rings. The summed E-state index contributed by atoms with van der Waals surface area (Å²) in [6.07, 6.45) is 2.17. The summed E-state index contributed by atoms with van der Waals surface area (Å²) in [6, 6.07) is 2.35. The van der Waals surface area contributed by atoms with E-state index in [1.165, 1.54) is 24.3 Å². The summed E-state index contributed by atoms with van der Waals surface area (Å²) in [5.41, 5.74) is 0.836. The van der Waals surface area contributed by atoms with Gasteiger partial charge in [-0.15, -0.1) is 0 Å². The molecule has 2 heterocycles. The van der Waals surface area contributed by atoms with Gasteiger partial charge in [0.05, 0.1) is 29.9 Å². The second-order valence-electron chi connectivity index (χ2n) is 6.41. The molecule has 9 heteroatoms. The maximum absolute atomic E-state index is 13.7. The predicted molar refractivity (Wildman–Crippen MR) is 90.0 cm³/mol. The zero-order valence-corrected chi connectivity index (χ0v) is 14.2. The quantitative estimate of drug-likeness (QED) is 0.847. The number of aromatic amines is 1. The molecule has 0 aliphatic carbocycles. The van der Waals surface area contributed by atoms with Crippen molar-refractivity contribution in [2.75, 3.05) is 26.7 Å².